The van der Waals surface area contributed by atoms with E-state index >= 15 is 0 Å². The number of aromatic nitrogens is 2. The van der Waals surface area contributed by atoms with Gasteiger partial charge in [-0.2, -0.15) is 0 Å². The predicted molar refractivity (Wildman–Crippen MR) is 112 cm³/mol. The molecule has 3 heterocycles. The lowest BCUT2D eigenvalue weighted by atomic mass is 10.2. The Labute approximate surface area is 166 Å². The zero-order valence-corrected chi connectivity index (χ0v) is 16.5. The first kappa shape index (κ1) is 19.5. The molecule has 27 heavy (non-hydrogen) atoms. The summed E-state index contributed by atoms with van der Waals surface area (Å²) in [4.78, 5) is 32.1. The molecule has 2 aromatic rings. The smallest absolute Gasteiger partial charge is 0.267 e. The summed E-state index contributed by atoms with van der Waals surface area (Å²) >= 11 is 6.48. The normalized spacial score (nSPS) is 15.9. The van der Waals surface area contributed by atoms with Gasteiger partial charge in [-0.3, -0.25) is 18.9 Å². The molecule has 7 nitrogen and oxygen atoms in total. The SMILES string of the molecule is CCCN1C(=O)/C(=C/c2c(NCCCO)nc3ccccn3c2=O)SC1=S. The van der Waals surface area contributed by atoms with Gasteiger partial charge in [0.05, 0.1) is 10.5 Å². The number of hydrogen-bond donors (Lipinski definition) is 2. The van der Waals surface area contributed by atoms with Crippen molar-refractivity contribution in [2.24, 2.45) is 0 Å². The monoisotopic (exact) mass is 404 g/mol. The lowest BCUT2D eigenvalue weighted by Gasteiger charge is -2.12. The second-order valence-corrected chi connectivity index (χ2v) is 7.62. The van der Waals surface area contributed by atoms with Gasteiger partial charge in [0, 0.05) is 25.9 Å². The number of hydrogen-bond acceptors (Lipinski definition) is 7. The Kier molecular flexibility index (Phi) is 6.25. The summed E-state index contributed by atoms with van der Waals surface area (Å²) in [5.41, 5.74) is 0.533. The van der Waals surface area contributed by atoms with Crippen LogP contribution in [0, 0.1) is 0 Å². The van der Waals surface area contributed by atoms with E-state index in [1.807, 2.05) is 6.92 Å². The number of aliphatic hydroxyl groups excluding tert-OH is 1. The molecule has 0 bridgehead atoms. The van der Waals surface area contributed by atoms with E-state index in [0.717, 1.165) is 6.42 Å². The van der Waals surface area contributed by atoms with E-state index in [2.05, 4.69) is 10.3 Å². The fourth-order valence-electron chi connectivity index (χ4n) is 2.70. The number of fused-ring (bicyclic) bond motifs is 1. The fourth-order valence-corrected chi connectivity index (χ4v) is 3.99. The minimum atomic E-state index is -0.271. The average molecular weight is 405 g/mol. The van der Waals surface area contributed by atoms with Crippen LogP contribution in [0.1, 0.15) is 25.3 Å². The molecule has 142 valence electrons. The first-order valence-corrected chi connectivity index (χ1v) is 9.90. The number of aliphatic hydroxyl groups is 1. The molecule has 2 N–H and O–H groups in total. The molecule has 0 unspecified atom stereocenters. The van der Waals surface area contributed by atoms with Crippen LogP contribution in [-0.2, 0) is 4.79 Å². The molecule has 1 saturated heterocycles. The molecule has 1 fully saturated rings. The van der Waals surface area contributed by atoms with Gasteiger partial charge in [0.25, 0.3) is 11.5 Å². The van der Waals surface area contributed by atoms with Crippen LogP contribution in [0.3, 0.4) is 0 Å². The third-order valence-corrected chi connectivity index (χ3v) is 5.37. The third-order valence-electron chi connectivity index (χ3n) is 3.99. The Balaban J connectivity index is 2.08. The molecule has 0 aromatic carbocycles. The van der Waals surface area contributed by atoms with Gasteiger partial charge in [-0.05, 0) is 31.1 Å². The van der Waals surface area contributed by atoms with Gasteiger partial charge in [-0.1, -0.05) is 37.0 Å². The predicted octanol–water partition coefficient (Wildman–Crippen LogP) is 2.10. The summed E-state index contributed by atoms with van der Waals surface area (Å²) in [5, 5.41) is 12.1. The quantitative estimate of drug-likeness (QED) is 0.415. The summed E-state index contributed by atoms with van der Waals surface area (Å²) in [6.07, 6.45) is 4.52. The van der Waals surface area contributed by atoms with Crippen LogP contribution < -0.4 is 10.9 Å². The number of pyridine rings is 1. The third kappa shape index (κ3) is 4.05. The van der Waals surface area contributed by atoms with Crippen LogP contribution >= 0.6 is 24.0 Å². The molecule has 0 aliphatic carbocycles. The van der Waals surface area contributed by atoms with Crippen molar-refractivity contribution < 1.29 is 9.90 Å². The van der Waals surface area contributed by atoms with Gasteiger partial charge in [0.2, 0.25) is 0 Å². The second kappa shape index (κ2) is 8.64. The Morgan fingerprint density at radius 3 is 2.93 bits per heavy atom. The molecule has 0 atom stereocenters. The summed E-state index contributed by atoms with van der Waals surface area (Å²) in [7, 11) is 0. The van der Waals surface area contributed by atoms with Crippen LogP contribution in [-0.4, -0.2) is 49.3 Å². The summed E-state index contributed by atoms with van der Waals surface area (Å²) in [6.45, 7) is 3.03. The molecular formula is C18H20N4O3S2. The highest BCUT2D eigenvalue weighted by atomic mass is 32.2. The molecule has 0 saturated carbocycles. The Bertz CT molecular complexity index is 971. The standard InChI is InChI=1S/C18H20N4O3S2/c1-2-8-22-17(25)13(27-18(22)26)11-12-15(19-7-5-10-23)20-14-6-3-4-9-21(14)16(12)24/h3-4,6,9,11,19,23H,2,5,7-8,10H2,1H3/b13-11-. The van der Waals surface area contributed by atoms with Gasteiger partial charge in [-0.25, -0.2) is 4.98 Å². The minimum Gasteiger partial charge on any atom is -0.396 e. The maximum Gasteiger partial charge on any atom is 0.267 e. The van der Waals surface area contributed by atoms with E-state index in [0.29, 0.717) is 45.8 Å². The van der Waals surface area contributed by atoms with Crippen molar-refractivity contribution >= 4 is 51.7 Å². The van der Waals surface area contributed by atoms with Crippen molar-refractivity contribution in [3.8, 4) is 0 Å². The number of carbonyl (C=O) groups is 1. The van der Waals surface area contributed by atoms with Crippen molar-refractivity contribution in [3.63, 3.8) is 0 Å². The highest BCUT2D eigenvalue weighted by molar-refractivity contribution is 8.26. The van der Waals surface area contributed by atoms with E-state index in [4.69, 9.17) is 17.3 Å². The lowest BCUT2D eigenvalue weighted by molar-refractivity contribution is -0.122. The number of thiocarbonyl (C=S) groups is 1. The zero-order valence-electron chi connectivity index (χ0n) is 14.8. The number of anilines is 1. The summed E-state index contributed by atoms with van der Waals surface area (Å²) in [6, 6.07) is 5.29. The minimum absolute atomic E-state index is 0.0323. The molecule has 9 heteroatoms. The number of rotatable bonds is 7. The molecule has 0 radical (unpaired) electrons. The Morgan fingerprint density at radius 1 is 1.37 bits per heavy atom. The number of nitrogens with one attached hydrogen (secondary N) is 1. The van der Waals surface area contributed by atoms with Gasteiger partial charge in [0.1, 0.15) is 15.8 Å². The topological polar surface area (TPSA) is 86.9 Å². The van der Waals surface area contributed by atoms with E-state index < -0.39 is 0 Å². The van der Waals surface area contributed by atoms with E-state index in [1.54, 1.807) is 35.4 Å². The number of thioether (sulfide) groups is 1. The van der Waals surface area contributed by atoms with Crippen LogP contribution in [0.5, 0.6) is 0 Å². The average Bonchev–Trinajstić information content (AvgIpc) is 2.93. The van der Waals surface area contributed by atoms with E-state index in [-0.39, 0.29) is 18.1 Å². The highest BCUT2D eigenvalue weighted by Crippen LogP contribution is 2.33. The van der Waals surface area contributed by atoms with E-state index in [9.17, 15) is 9.59 Å². The van der Waals surface area contributed by atoms with Crippen LogP contribution in [0.15, 0.2) is 34.1 Å². The van der Waals surface area contributed by atoms with Gasteiger partial charge in [-0.15, -0.1) is 0 Å². The van der Waals surface area contributed by atoms with Crippen molar-refractivity contribution in [1.29, 1.82) is 0 Å². The van der Waals surface area contributed by atoms with Crippen LogP contribution in [0.25, 0.3) is 11.7 Å². The molecule has 2 aromatic heterocycles. The zero-order chi connectivity index (χ0) is 19.4. The number of amides is 1. The summed E-state index contributed by atoms with van der Waals surface area (Å²) < 4.78 is 1.94. The van der Waals surface area contributed by atoms with Crippen molar-refractivity contribution in [2.45, 2.75) is 19.8 Å². The van der Waals surface area contributed by atoms with Gasteiger partial charge < -0.3 is 10.4 Å². The molecule has 3 rings (SSSR count). The number of nitrogens with zero attached hydrogens (tertiary/aromatic N) is 3. The van der Waals surface area contributed by atoms with Crippen molar-refractivity contribution in [2.75, 3.05) is 25.0 Å². The lowest BCUT2D eigenvalue weighted by Crippen LogP contribution is -2.28. The van der Waals surface area contributed by atoms with Gasteiger partial charge in [0.15, 0.2) is 0 Å². The highest BCUT2D eigenvalue weighted by Gasteiger charge is 2.31. The molecule has 1 aliphatic heterocycles. The fraction of sp³-hybridized carbons (Fsp3) is 0.333. The Morgan fingerprint density at radius 2 is 2.19 bits per heavy atom. The van der Waals surface area contributed by atoms with Crippen LogP contribution in [0.2, 0.25) is 0 Å². The maximum atomic E-state index is 13.0. The maximum absolute atomic E-state index is 13.0. The largest absolute Gasteiger partial charge is 0.396 e. The Hall–Kier alpha value is -2.23. The number of carbonyl (C=O) groups excluding carboxylic acids is 1. The van der Waals surface area contributed by atoms with Crippen molar-refractivity contribution in [1.82, 2.24) is 14.3 Å². The first-order chi connectivity index (χ1) is 13.1. The summed E-state index contributed by atoms with van der Waals surface area (Å²) in [5.74, 6) is 0.200. The molecule has 1 amide bonds. The van der Waals surface area contributed by atoms with Crippen molar-refractivity contribution in [3.05, 3.63) is 45.2 Å². The second-order valence-electron chi connectivity index (χ2n) is 5.95. The van der Waals surface area contributed by atoms with E-state index in [1.165, 1.54) is 16.2 Å². The molecular weight excluding hydrogens is 384 g/mol. The molecule has 0 spiro atoms. The first-order valence-electron chi connectivity index (χ1n) is 8.68. The van der Waals surface area contributed by atoms with Gasteiger partial charge >= 0.3 is 0 Å². The van der Waals surface area contributed by atoms with Crippen LogP contribution in [0.4, 0.5) is 5.82 Å². The molecule has 1 aliphatic rings.